The predicted molar refractivity (Wildman–Crippen MR) is 80.3 cm³/mol. The molecule has 1 aliphatic rings. The zero-order valence-electron chi connectivity index (χ0n) is 12.1. The van der Waals surface area contributed by atoms with Crippen molar-refractivity contribution in [3.8, 4) is 0 Å². The van der Waals surface area contributed by atoms with E-state index in [1.54, 1.807) is 17.2 Å². The monoisotopic (exact) mass is 296 g/mol. The molecule has 3 aromatic rings. The molecule has 0 saturated carbocycles. The first kappa shape index (κ1) is 13.1. The van der Waals surface area contributed by atoms with Crippen molar-refractivity contribution in [3.63, 3.8) is 0 Å². The maximum Gasteiger partial charge on any atom is 0.289 e. The maximum atomic E-state index is 12.7. The van der Waals surface area contributed by atoms with Gasteiger partial charge in [-0.3, -0.25) is 4.79 Å². The van der Waals surface area contributed by atoms with E-state index in [4.69, 9.17) is 4.42 Å². The summed E-state index contributed by atoms with van der Waals surface area (Å²) in [5.41, 5.74) is 0.746. The van der Waals surface area contributed by atoms with Crippen LogP contribution in [0.5, 0.6) is 0 Å². The number of amides is 1. The number of para-hydroxylation sites is 1. The molecule has 3 heterocycles. The van der Waals surface area contributed by atoms with E-state index in [1.165, 1.54) is 0 Å². The first-order valence-corrected chi connectivity index (χ1v) is 7.45. The lowest BCUT2D eigenvalue weighted by atomic mass is 10.2. The van der Waals surface area contributed by atoms with Crippen molar-refractivity contribution in [1.29, 1.82) is 0 Å². The van der Waals surface area contributed by atoms with Gasteiger partial charge in [0, 0.05) is 11.9 Å². The average molecular weight is 296 g/mol. The normalized spacial score (nSPS) is 18.2. The highest BCUT2D eigenvalue weighted by Crippen LogP contribution is 2.25. The Balaban J connectivity index is 1.58. The van der Waals surface area contributed by atoms with Crippen LogP contribution in [-0.4, -0.2) is 38.4 Å². The first-order chi connectivity index (χ1) is 10.8. The molecule has 0 aliphatic carbocycles. The quantitative estimate of drug-likeness (QED) is 0.744. The molecule has 0 radical (unpaired) electrons. The van der Waals surface area contributed by atoms with Crippen LogP contribution in [0.25, 0.3) is 11.0 Å². The molecule has 6 heteroatoms. The number of likely N-dealkylation sites (tertiary alicyclic amines) is 1. The number of hydrogen-bond acceptors (Lipinski definition) is 4. The van der Waals surface area contributed by atoms with E-state index >= 15 is 0 Å². The fourth-order valence-corrected chi connectivity index (χ4v) is 3.05. The molecule has 1 fully saturated rings. The number of carbonyl (C=O) groups is 1. The van der Waals surface area contributed by atoms with Gasteiger partial charge in [-0.1, -0.05) is 18.2 Å². The standard InChI is InChI=1S/C16H16N4O2/c21-16(15-10-12-4-1-2-6-14(12)22-15)19-9-3-5-13(19)11-20-17-7-8-18-20/h1-2,4,6-8,10,13H,3,5,9,11H2. The minimum Gasteiger partial charge on any atom is -0.451 e. The van der Waals surface area contributed by atoms with Crippen LogP contribution >= 0.6 is 0 Å². The molecule has 1 aromatic carbocycles. The molecule has 2 aromatic heterocycles. The van der Waals surface area contributed by atoms with Gasteiger partial charge in [-0.25, -0.2) is 0 Å². The van der Waals surface area contributed by atoms with Gasteiger partial charge < -0.3 is 9.32 Å². The molecule has 22 heavy (non-hydrogen) atoms. The van der Waals surface area contributed by atoms with Crippen molar-refractivity contribution < 1.29 is 9.21 Å². The van der Waals surface area contributed by atoms with Gasteiger partial charge in [0.25, 0.3) is 5.91 Å². The number of rotatable bonds is 3. The van der Waals surface area contributed by atoms with Crippen LogP contribution in [-0.2, 0) is 6.54 Å². The Morgan fingerprint density at radius 1 is 1.27 bits per heavy atom. The maximum absolute atomic E-state index is 12.7. The van der Waals surface area contributed by atoms with E-state index in [-0.39, 0.29) is 11.9 Å². The van der Waals surface area contributed by atoms with E-state index in [1.807, 2.05) is 35.2 Å². The zero-order chi connectivity index (χ0) is 14.9. The SMILES string of the molecule is O=C(c1cc2ccccc2o1)N1CCCC1Cn1nccn1. The van der Waals surface area contributed by atoms with Crippen molar-refractivity contribution in [2.75, 3.05) is 6.54 Å². The Kier molecular flexibility index (Phi) is 3.14. The lowest BCUT2D eigenvalue weighted by Crippen LogP contribution is -2.38. The molecule has 6 nitrogen and oxygen atoms in total. The Labute approximate surface area is 127 Å². The van der Waals surface area contributed by atoms with Gasteiger partial charge in [0.1, 0.15) is 5.58 Å². The molecule has 1 unspecified atom stereocenters. The van der Waals surface area contributed by atoms with Crippen LogP contribution in [0, 0.1) is 0 Å². The first-order valence-electron chi connectivity index (χ1n) is 7.45. The summed E-state index contributed by atoms with van der Waals surface area (Å²) in [5, 5.41) is 9.20. The number of aromatic nitrogens is 3. The van der Waals surface area contributed by atoms with Crippen molar-refractivity contribution in [2.45, 2.75) is 25.4 Å². The molecule has 4 rings (SSSR count). The van der Waals surface area contributed by atoms with Crippen LogP contribution in [0.15, 0.2) is 47.1 Å². The Bertz CT molecular complexity index is 760. The molecular weight excluding hydrogens is 280 g/mol. The summed E-state index contributed by atoms with van der Waals surface area (Å²) in [5.74, 6) is 0.354. The topological polar surface area (TPSA) is 64.2 Å². The van der Waals surface area contributed by atoms with E-state index in [0.29, 0.717) is 12.3 Å². The number of carbonyl (C=O) groups excluding carboxylic acids is 1. The molecule has 0 spiro atoms. The highest BCUT2D eigenvalue weighted by atomic mass is 16.3. The molecule has 1 atom stereocenters. The van der Waals surface area contributed by atoms with Gasteiger partial charge in [-0.15, -0.1) is 0 Å². The molecule has 0 bridgehead atoms. The Morgan fingerprint density at radius 2 is 2.09 bits per heavy atom. The summed E-state index contributed by atoms with van der Waals surface area (Å²) in [4.78, 5) is 16.2. The third-order valence-electron chi connectivity index (χ3n) is 4.11. The van der Waals surface area contributed by atoms with Gasteiger partial charge >= 0.3 is 0 Å². The van der Waals surface area contributed by atoms with Crippen LogP contribution in [0.1, 0.15) is 23.4 Å². The van der Waals surface area contributed by atoms with Gasteiger partial charge in [0.05, 0.1) is 25.0 Å². The fourth-order valence-electron chi connectivity index (χ4n) is 3.05. The zero-order valence-corrected chi connectivity index (χ0v) is 12.1. The molecule has 1 saturated heterocycles. The van der Waals surface area contributed by atoms with Crippen LogP contribution in [0.3, 0.4) is 0 Å². The molecule has 112 valence electrons. The molecular formula is C16H16N4O2. The largest absolute Gasteiger partial charge is 0.451 e. The number of furan rings is 1. The number of fused-ring (bicyclic) bond motifs is 1. The second kappa shape index (κ2) is 5.29. The summed E-state index contributed by atoms with van der Waals surface area (Å²) in [6, 6.07) is 9.61. The minimum absolute atomic E-state index is 0.0501. The minimum atomic E-state index is -0.0501. The second-order valence-corrected chi connectivity index (χ2v) is 5.53. The lowest BCUT2D eigenvalue weighted by molar-refractivity contribution is 0.0688. The summed E-state index contributed by atoms with van der Waals surface area (Å²) in [6.07, 6.45) is 5.27. The van der Waals surface area contributed by atoms with Crippen LogP contribution < -0.4 is 0 Å². The van der Waals surface area contributed by atoms with Crippen molar-refractivity contribution in [1.82, 2.24) is 19.9 Å². The average Bonchev–Trinajstić information content (AvgIpc) is 3.27. The van der Waals surface area contributed by atoms with E-state index in [9.17, 15) is 4.79 Å². The second-order valence-electron chi connectivity index (χ2n) is 5.53. The number of benzene rings is 1. The van der Waals surface area contributed by atoms with Gasteiger partial charge in [-0.05, 0) is 25.0 Å². The molecule has 0 N–H and O–H groups in total. The van der Waals surface area contributed by atoms with Crippen molar-refractivity contribution >= 4 is 16.9 Å². The van der Waals surface area contributed by atoms with E-state index in [0.717, 1.165) is 30.4 Å². The third kappa shape index (κ3) is 2.26. The fraction of sp³-hybridized carbons (Fsp3) is 0.312. The predicted octanol–water partition coefficient (Wildman–Crippen LogP) is 2.33. The smallest absolute Gasteiger partial charge is 0.289 e. The number of hydrogen-bond donors (Lipinski definition) is 0. The van der Waals surface area contributed by atoms with Gasteiger partial charge in [0.15, 0.2) is 5.76 Å². The molecule has 1 amide bonds. The Morgan fingerprint density at radius 3 is 2.91 bits per heavy atom. The van der Waals surface area contributed by atoms with Crippen molar-refractivity contribution in [3.05, 3.63) is 48.5 Å². The molecule has 1 aliphatic heterocycles. The van der Waals surface area contributed by atoms with E-state index < -0.39 is 0 Å². The summed E-state index contributed by atoms with van der Waals surface area (Å²) < 4.78 is 5.70. The summed E-state index contributed by atoms with van der Waals surface area (Å²) >= 11 is 0. The van der Waals surface area contributed by atoms with Crippen molar-refractivity contribution in [2.24, 2.45) is 0 Å². The highest BCUT2D eigenvalue weighted by Gasteiger charge is 2.31. The van der Waals surface area contributed by atoms with Gasteiger partial charge in [0.2, 0.25) is 0 Å². The van der Waals surface area contributed by atoms with Gasteiger partial charge in [-0.2, -0.15) is 15.0 Å². The van der Waals surface area contributed by atoms with Crippen LogP contribution in [0.4, 0.5) is 0 Å². The highest BCUT2D eigenvalue weighted by molar-refractivity contribution is 5.96. The lowest BCUT2D eigenvalue weighted by Gasteiger charge is -2.23. The third-order valence-corrected chi connectivity index (χ3v) is 4.11. The number of nitrogens with zero attached hydrogens (tertiary/aromatic N) is 4. The Hall–Kier alpha value is -2.63. The van der Waals surface area contributed by atoms with Crippen LogP contribution in [0.2, 0.25) is 0 Å². The summed E-state index contributed by atoms with van der Waals surface area (Å²) in [6.45, 7) is 1.38. The summed E-state index contributed by atoms with van der Waals surface area (Å²) in [7, 11) is 0. The van der Waals surface area contributed by atoms with E-state index in [2.05, 4.69) is 10.2 Å².